The van der Waals surface area contributed by atoms with Crippen molar-refractivity contribution in [3.05, 3.63) is 36.0 Å². The number of fused-ring (bicyclic) bond motifs is 1. The second-order valence-corrected chi connectivity index (χ2v) is 5.80. The second kappa shape index (κ2) is 4.66. The SMILES string of the molecule is c1cc(CNC2CCOC2C2CC2)c2cc[nH]c2c1. The number of ether oxygens (including phenoxy) is 1. The van der Waals surface area contributed by atoms with E-state index in [1.807, 2.05) is 6.20 Å². The Morgan fingerprint density at radius 1 is 1.21 bits per heavy atom. The number of benzene rings is 1. The highest BCUT2D eigenvalue weighted by Gasteiger charge is 2.40. The summed E-state index contributed by atoms with van der Waals surface area (Å²) in [5.74, 6) is 0.822. The number of nitrogens with one attached hydrogen (secondary N) is 2. The Balaban J connectivity index is 1.48. The van der Waals surface area contributed by atoms with E-state index in [0.717, 1.165) is 25.5 Å². The summed E-state index contributed by atoms with van der Waals surface area (Å²) in [5, 5.41) is 5.04. The molecule has 0 spiro atoms. The van der Waals surface area contributed by atoms with Gasteiger partial charge in [-0.05, 0) is 42.9 Å². The van der Waals surface area contributed by atoms with Crippen LogP contribution >= 0.6 is 0 Å². The molecule has 3 heteroatoms. The van der Waals surface area contributed by atoms with Crippen molar-refractivity contribution in [3.63, 3.8) is 0 Å². The first kappa shape index (κ1) is 11.5. The average Bonchev–Trinajstić information content (AvgIpc) is 2.99. The molecule has 1 aromatic carbocycles. The van der Waals surface area contributed by atoms with Crippen LogP contribution in [0.5, 0.6) is 0 Å². The van der Waals surface area contributed by atoms with Crippen molar-refractivity contribution in [2.45, 2.75) is 38.0 Å². The second-order valence-electron chi connectivity index (χ2n) is 5.80. The zero-order chi connectivity index (χ0) is 12.7. The van der Waals surface area contributed by atoms with Gasteiger partial charge in [0, 0.05) is 36.3 Å². The summed E-state index contributed by atoms with van der Waals surface area (Å²) in [5.41, 5.74) is 2.60. The smallest absolute Gasteiger partial charge is 0.0757 e. The third kappa shape index (κ3) is 2.17. The highest BCUT2D eigenvalue weighted by molar-refractivity contribution is 5.82. The molecule has 0 bridgehead atoms. The number of H-pyrrole nitrogens is 1. The van der Waals surface area contributed by atoms with E-state index >= 15 is 0 Å². The zero-order valence-electron chi connectivity index (χ0n) is 11.1. The molecule has 0 radical (unpaired) electrons. The van der Waals surface area contributed by atoms with Crippen molar-refractivity contribution >= 4 is 10.9 Å². The van der Waals surface area contributed by atoms with E-state index in [1.165, 1.54) is 29.3 Å². The quantitative estimate of drug-likeness (QED) is 0.882. The van der Waals surface area contributed by atoms with Gasteiger partial charge in [-0.1, -0.05) is 12.1 Å². The van der Waals surface area contributed by atoms with Gasteiger partial charge in [-0.2, -0.15) is 0 Å². The normalized spacial score (nSPS) is 27.2. The van der Waals surface area contributed by atoms with Gasteiger partial charge in [0.25, 0.3) is 0 Å². The fourth-order valence-corrected chi connectivity index (χ4v) is 3.26. The zero-order valence-corrected chi connectivity index (χ0v) is 11.1. The summed E-state index contributed by atoms with van der Waals surface area (Å²) in [7, 11) is 0. The van der Waals surface area contributed by atoms with E-state index in [4.69, 9.17) is 4.74 Å². The van der Waals surface area contributed by atoms with Gasteiger partial charge in [-0.15, -0.1) is 0 Å². The molecule has 0 amide bonds. The van der Waals surface area contributed by atoms with Crippen LogP contribution in [0.15, 0.2) is 30.5 Å². The molecule has 2 aromatic rings. The van der Waals surface area contributed by atoms with Crippen LogP contribution in [0.25, 0.3) is 10.9 Å². The summed E-state index contributed by atoms with van der Waals surface area (Å²) in [6.07, 6.45) is 6.35. The van der Waals surface area contributed by atoms with Gasteiger partial charge in [-0.3, -0.25) is 0 Å². The Labute approximate surface area is 113 Å². The number of rotatable bonds is 4. The summed E-state index contributed by atoms with van der Waals surface area (Å²) >= 11 is 0. The van der Waals surface area contributed by atoms with Crippen LogP contribution in [-0.4, -0.2) is 23.7 Å². The third-order valence-corrected chi connectivity index (χ3v) is 4.46. The molecule has 100 valence electrons. The molecule has 3 nitrogen and oxygen atoms in total. The van der Waals surface area contributed by atoms with Crippen molar-refractivity contribution < 1.29 is 4.74 Å². The Kier molecular flexibility index (Phi) is 2.82. The third-order valence-electron chi connectivity index (χ3n) is 4.46. The first-order valence-electron chi connectivity index (χ1n) is 7.32. The first-order chi connectivity index (χ1) is 9.42. The molecule has 2 unspecified atom stereocenters. The molecular weight excluding hydrogens is 236 g/mol. The van der Waals surface area contributed by atoms with E-state index < -0.39 is 0 Å². The first-order valence-corrected chi connectivity index (χ1v) is 7.32. The summed E-state index contributed by atoms with van der Waals surface area (Å²) in [6, 6.07) is 9.17. The van der Waals surface area contributed by atoms with Crippen LogP contribution in [0, 0.1) is 5.92 Å². The van der Waals surface area contributed by atoms with E-state index in [2.05, 4.69) is 34.6 Å². The summed E-state index contributed by atoms with van der Waals surface area (Å²) < 4.78 is 5.88. The van der Waals surface area contributed by atoms with Gasteiger partial charge in [0.2, 0.25) is 0 Å². The molecule has 2 heterocycles. The molecule has 2 aliphatic rings. The average molecular weight is 256 g/mol. The Morgan fingerprint density at radius 2 is 2.16 bits per heavy atom. The van der Waals surface area contributed by atoms with Gasteiger partial charge >= 0.3 is 0 Å². The lowest BCUT2D eigenvalue weighted by Crippen LogP contribution is -2.37. The number of hydrogen-bond acceptors (Lipinski definition) is 2. The van der Waals surface area contributed by atoms with Gasteiger partial charge in [-0.25, -0.2) is 0 Å². The van der Waals surface area contributed by atoms with Gasteiger partial charge in [0.05, 0.1) is 6.10 Å². The predicted octanol–water partition coefficient (Wildman–Crippen LogP) is 2.83. The molecular formula is C16H20N2O. The van der Waals surface area contributed by atoms with Crippen LogP contribution in [0.1, 0.15) is 24.8 Å². The van der Waals surface area contributed by atoms with E-state index in [1.54, 1.807) is 0 Å². The Bertz CT molecular complexity index is 573. The van der Waals surface area contributed by atoms with Gasteiger partial charge in [0.1, 0.15) is 0 Å². The maximum absolute atomic E-state index is 5.88. The molecule has 19 heavy (non-hydrogen) atoms. The van der Waals surface area contributed by atoms with Gasteiger partial charge < -0.3 is 15.0 Å². The van der Waals surface area contributed by atoms with Gasteiger partial charge in [0.15, 0.2) is 0 Å². The maximum atomic E-state index is 5.88. The van der Waals surface area contributed by atoms with Crippen molar-refractivity contribution in [2.75, 3.05) is 6.61 Å². The Morgan fingerprint density at radius 3 is 3.05 bits per heavy atom. The molecule has 2 fully saturated rings. The van der Waals surface area contributed by atoms with Crippen LogP contribution in [0.4, 0.5) is 0 Å². The van der Waals surface area contributed by atoms with Crippen LogP contribution in [-0.2, 0) is 11.3 Å². The largest absolute Gasteiger partial charge is 0.376 e. The number of aromatic amines is 1. The van der Waals surface area contributed by atoms with Crippen molar-refractivity contribution in [2.24, 2.45) is 5.92 Å². The summed E-state index contributed by atoms with van der Waals surface area (Å²) in [6.45, 7) is 1.86. The predicted molar refractivity (Wildman–Crippen MR) is 76.0 cm³/mol. The van der Waals surface area contributed by atoms with Crippen LogP contribution in [0.2, 0.25) is 0 Å². The van der Waals surface area contributed by atoms with E-state index in [9.17, 15) is 0 Å². The molecule has 2 atom stereocenters. The van der Waals surface area contributed by atoms with Crippen molar-refractivity contribution in [1.29, 1.82) is 0 Å². The van der Waals surface area contributed by atoms with Crippen LogP contribution in [0.3, 0.4) is 0 Å². The number of hydrogen-bond donors (Lipinski definition) is 2. The minimum Gasteiger partial charge on any atom is -0.376 e. The molecule has 1 aliphatic carbocycles. The molecule has 2 N–H and O–H groups in total. The topological polar surface area (TPSA) is 37.0 Å². The summed E-state index contributed by atoms with van der Waals surface area (Å²) in [4.78, 5) is 3.27. The molecule has 1 saturated heterocycles. The molecule has 1 aromatic heterocycles. The Hall–Kier alpha value is -1.32. The molecule has 1 aliphatic heterocycles. The van der Waals surface area contributed by atoms with E-state index in [-0.39, 0.29) is 0 Å². The van der Waals surface area contributed by atoms with Crippen molar-refractivity contribution in [3.8, 4) is 0 Å². The maximum Gasteiger partial charge on any atom is 0.0757 e. The highest BCUT2D eigenvalue weighted by atomic mass is 16.5. The molecule has 1 saturated carbocycles. The lowest BCUT2D eigenvalue weighted by molar-refractivity contribution is 0.0809. The highest BCUT2D eigenvalue weighted by Crippen LogP contribution is 2.38. The lowest BCUT2D eigenvalue weighted by atomic mass is 10.0. The monoisotopic (exact) mass is 256 g/mol. The molecule has 4 rings (SSSR count). The standard InChI is InChI=1S/C16H20N2O/c1-2-12(13-6-8-17-14(13)3-1)10-18-15-7-9-19-16(15)11-4-5-11/h1-3,6,8,11,15-18H,4-5,7,9-10H2. The fourth-order valence-electron chi connectivity index (χ4n) is 3.26. The minimum absolute atomic E-state index is 0.463. The number of aromatic nitrogens is 1. The lowest BCUT2D eigenvalue weighted by Gasteiger charge is -2.19. The minimum atomic E-state index is 0.463. The van der Waals surface area contributed by atoms with E-state index in [0.29, 0.717) is 12.1 Å². The van der Waals surface area contributed by atoms with Crippen molar-refractivity contribution in [1.82, 2.24) is 10.3 Å². The van der Waals surface area contributed by atoms with Crippen LogP contribution < -0.4 is 5.32 Å². The fraction of sp³-hybridized carbons (Fsp3) is 0.500.